The predicted molar refractivity (Wildman–Crippen MR) is 62.9 cm³/mol. The van der Waals surface area contributed by atoms with Gasteiger partial charge in [0.2, 0.25) is 0 Å². The van der Waals surface area contributed by atoms with Crippen LogP contribution in [0.15, 0.2) is 12.3 Å². The van der Waals surface area contributed by atoms with Crippen molar-refractivity contribution in [3.05, 3.63) is 23.8 Å². The minimum Gasteiger partial charge on any atom is -0.481 e. The van der Waals surface area contributed by atoms with Gasteiger partial charge in [0, 0.05) is 24.4 Å². The topological polar surface area (TPSA) is 66.3 Å². The maximum absolute atomic E-state index is 10.9. The van der Waals surface area contributed by atoms with E-state index in [2.05, 4.69) is 21.9 Å². The highest BCUT2D eigenvalue weighted by atomic mass is 16.4. The number of hydrogen-bond acceptors (Lipinski definition) is 4. The molecule has 1 fully saturated rings. The Labute approximate surface area is 100 Å². The van der Waals surface area contributed by atoms with Gasteiger partial charge in [-0.25, -0.2) is 9.97 Å². The van der Waals surface area contributed by atoms with Gasteiger partial charge in [0.25, 0.3) is 0 Å². The van der Waals surface area contributed by atoms with Gasteiger partial charge in [0.15, 0.2) is 0 Å². The van der Waals surface area contributed by atoms with Crippen molar-refractivity contribution >= 4 is 5.97 Å². The van der Waals surface area contributed by atoms with E-state index < -0.39 is 11.9 Å². The highest BCUT2D eigenvalue weighted by Crippen LogP contribution is 2.25. The number of carboxylic acid groups (broad SMARTS) is 1. The quantitative estimate of drug-likeness (QED) is 0.849. The van der Waals surface area contributed by atoms with Crippen LogP contribution in [0.25, 0.3) is 0 Å². The van der Waals surface area contributed by atoms with Crippen LogP contribution in [-0.2, 0) is 4.79 Å². The summed E-state index contributed by atoms with van der Waals surface area (Å²) in [4.78, 5) is 21.6. The Morgan fingerprint density at radius 2 is 2.41 bits per heavy atom. The van der Waals surface area contributed by atoms with E-state index in [1.165, 1.54) is 0 Å². The van der Waals surface area contributed by atoms with Crippen LogP contribution >= 0.6 is 0 Å². The van der Waals surface area contributed by atoms with E-state index in [1.54, 1.807) is 13.1 Å². The van der Waals surface area contributed by atoms with E-state index in [-0.39, 0.29) is 0 Å². The molecule has 0 amide bonds. The molecule has 2 heterocycles. The first-order chi connectivity index (χ1) is 8.08. The lowest BCUT2D eigenvalue weighted by atomic mass is 10.0. The fourth-order valence-corrected chi connectivity index (χ4v) is 2.11. The molecule has 1 aliphatic rings. The molecule has 0 radical (unpaired) electrons. The fraction of sp³-hybridized carbons (Fsp3) is 0.583. The van der Waals surface area contributed by atoms with Crippen molar-refractivity contribution < 1.29 is 9.90 Å². The SMILES string of the molecule is CC(C(=O)O)c1nccc(C2CCN(C)C2)n1. The van der Waals surface area contributed by atoms with Gasteiger partial charge < -0.3 is 10.0 Å². The zero-order valence-electron chi connectivity index (χ0n) is 10.1. The Kier molecular flexibility index (Phi) is 3.38. The molecule has 0 saturated carbocycles. The molecule has 2 atom stereocenters. The Hall–Kier alpha value is -1.49. The Balaban J connectivity index is 2.19. The number of aliphatic carboxylic acids is 1. The lowest BCUT2D eigenvalue weighted by Gasteiger charge is -2.12. The van der Waals surface area contributed by atoms with Gasteiger partial charge >= 0.3 is 5.97 Å². The maximum Gasteiger partial charge on any atom is 0.313 e. The molecule has 2 unspecified atom stereocenters. The van der Waals surface area contributed by atoms with Crippen LogP contribution < -0.4 is 0 Å². The van der Waals surface area contributed by atoms with Gasteiger partial charge in [0.1, 0.15) is 11.7 Å². The highest BCUT2D eigenvalue weighted by Gasteiger charge is 2.24. The number of likely N-dealkylation sites (N-methyl/N-ethyl adjacent to an activating group) is 1. The molecule has 0 bridgehead atoms. The van der Waals surface area contributed by atoms with Gasteiger partial charge in [-0.1, -0.05) is 0 Å². The number of nitrogens with zero attached hydrogens (tertiary/aromatic N) is 3. The summed E-state index contributed by atoms with van der Waals surface area (Å²) in [5.41, 5.74) is 0.965. The van der Waals surface area contributed by atoms with E-state index in [9.17, 15) is 4.79 Å². The second-order valence-electron chi connectivity index (χ2n) is 4.65. The first-order valence-corrected chi connectivity index (χ1v) is 5.82. The summed E-state index contributed by atoms with van der Waals surface area (Å²) >= 11 is 0. The summed E-state index contributed by atoms with van der Waals surface area (Å²) in [6.07, 6.45) is 2.74. The van der Waals surface area contributed by atoms with Crippen LogP contribution in [0.1, 0.15) is 36.7 Å². The third-order valence-corrected chi connectivity index (χ3v) is 3.26. The largest absolute Gasteiger partial charge is 0.481 e. The second kappa shape index (κ2) is 4.79. The molecule has 1 aromatic rings. The van der Waals surface area contributed by atoms with Gasteiger partial charge in [0.05, 0.1) is 0 Å². The summed E-state index contributed by atoms with van der Waals surface area (Å²) < 4.78 is 0. The zero-order chi connectivity index (χ0) is 12.4. The summed E-state index contributed by atoms with van der Waals surface area (Å²) in [7, 11) is 2.09. The lowest BCUT2D eigenvalue weighted by molar-refractivity contribution is -0.138. The first-order valence-electron chi connectivity index (χ1n) is 5.82. The van der Waals surface area contributed by atoms with E-state index in [0.717, 1.165) is 25.2 Å². The van der Waals surface area contributed by atoms with Crippen molar-refractivity contribution in [2.75, 3.05) is 20.1 Å². The molecule has 92 valence electrons. The normalized spacial score (nSPS) is 22.6. The predicted octanol–water partition coefficient (Wildman–Crippen LogP) is 1.08. The zero-order valence-corrected chi connectivity index (χ0v) is 10.1. The number of rotatable bonds is 3. The van der Waals surface area contributed by atoms with Crippen molar-refractivity contribution in [1.82, 2.24) is 14.9 Å². The molecule has 0 aliphatic carbocycles. The van der Waals surface area contributed by atoms with Crippen molar-refractivity contribution in [3.63, 3.8) is 0 Å². The molecule has 0 aromatic carbocycles. The Bertz CT molecular complexity index is 422. The molecule has 1 aliphatic heterocycles. The van der Waals surface area contributed by atoms with Crippen LogP contribution in [0, 0.1) is 0 Å². The molecule has 1 aromatic heterocycles. The van der Waals surface area contributed by atoms with Crippen molar-refractivity contribution in [2.45, 2.75) is 25.2 Å². The lowest BCUT2D eigenvalue weighted by Crippen LogP contribution is -2.16. The Morgan fingerprint density at radius 1 is 1.65 bits per heavy atom. The summed E-state index contributed by atoms with van der Waals surface area (Å²) in [6, 6.07) is 1.89. The molecule has 2 rings (SSSR count). The van der Waals surface area contributed by atoms with Gasteiger partial charge in [-0.2, -0.15) is 0 Å². The van der Waals surface area contributed by atoms with E-state index >= 15 is 0 Å². The van der Waals surface area contributed by atoms with Gasteiger partial charge in [-0.05, 0) is 33.0 Å². The molecular formula is C12H17N3O2. The smallest absolute Gasteiger partial charge is 0.313 e. The Morgan fingerprint density at radius 3 is 3.00 bits per heavy atom. The number of carboxylic acids is 1. The highest BCUT2D eigenvalue weighted by molar-refractivity contribution is 5.74. The third-order valence-electron chi connectivity index (χ3n) is 3.26. The molecule has 1 saturated heterocycles. The van der Waals surface area contributed by atoms with Crippen molar-refractivity contribution in [2.24, 2.45) is 0 Å². The molecule has 1 N–H and O–H groups in total. The van der Waals surface area contributed by atoms with Crippen LogP contribution in [0.2, 0.25) is 0 Å². The van der Waals surface area contributed by atoms with Crippen LogP contribution in [0.4, 0.5) is 0 Å². The molecule has 5 heteroatoms. The van der Waals surface area contributed by atoms with E-state index in [0.29, 0.717) is 11.7 Å². The minimum atomic E-state index is -0.884. The van der Waals surface area contributed by atoms with E-state index in [4.69, 9.17) is 5.11 Å². The van der Waals surface area contributed by atoms with E-state index in [1.807, 2.05) is 6.07 Å². The fourth-order valence-electron chi connectivity index (χ4n) is 2.11. The van der Waals surface area contributed by atoms with Crippen LogP contribution in [0.5, 0.6) is 0 Å². The van der Waals surface area contributed by atoms with Gasteiger partial charge in [-0.3, -0.25) is 4.79 Å². The van der Waals surface area contributed by atoms with Crippen LogP contribution in [-0.4, -0.2) is 46.1 Å². The number of carbonyl (C=O) groups is 1. The maximum atomic E-state index is 10.9. The summed E-state index contributed by atoms with van der Waals surface area (Å²) in [5, 5.41) is 8.95. The average molecular weight is 235 g/mol. The molecular weight excluding hydrogens is 218 g/mol. The summed E-state index contributed by atoms with van der Waals surface area (Å²) in [5.74, 6) is -0.716. The number of likely N-dealkylation sites (tertiary alicyclic amines) is 1. The van der Waals surface area contributed by atoms with Crippen LogP contribution in [0.3, 0.4) is 0 Å². The molecule has 0 spiro atoms. The van der Waals surface area contributed by atoms with Crippen molar-refractivity contribution in [3.8, 4) is 0 Å². The average Bonchev–Trinajstić information content (AvgIpc) is 2.75. The molecule has 17 heavy (non-hydrogen) atoms. The third kappa shape index (κ3) is 2.61. The first kappa shape index (κ1) is 12.0. The van der Waals surface area contributed by atoms with Gasteiger partial charge in [-0.15, -0.1) is 0 Å². The minimum absolute atomic E-state index is 0.405. The van der Waals surface area contributed by atoms with Crippen molar-refractivity contribution in [1.29, 1.82) is 0 Å². The number of aromatic nitrogens is 2. The second-order valence-corrected chi connectivity index (χ2v) is 4.65. The molecule has 5 nitrogen and oxygen atoms in total. The monoisotopic (exact) mass is 235 g/mol. The summed E-state index contributed by atoms with van der Waals surface area (Å²) in [6.45, 7) is 3.67. The standard InChI is InChI=1S/C12H17N3O2/c1-8(12(16)17)11-13-5-3-10(14-11)9-4-6-15(2)7-9/h3,5,8-9H,4,6-7H2,1-2H3,(H,16,17). The number of hydrogen-bond donors (Lipinski definition) is 1.